The van der Waals surface area contributed by atoms with Crippen LogP contribution in [0.1, 0.15) is 27.2 Å². The Morgan fingerprint density at radius 3 is 2.54 bits per heavy atom. The minimum Gasteiger partial charge on any atom is -0.395 e. The van der Waals surface area contributed by atoms with Gasteiger partial charge in [-0.25, -0.2) is 0 Å². The molecule has 1 heterocycles. The van der Waals surface area contributed by atoms with Crippen molar-refractivity contribution in [2.75, 3.05) is 26.2 Å². The van der Waals surface area contributed by atoms with Crippen LogP contribution in [0.5, 0.6) is 0 Å². The van der Waals surface area contributed by atoms with Crippen LogP contribution in [0.2, 0.25) is 0 Å². The first-order valence-corrected chi connectivity index (χ1v) is 5.33. The standard InChI is InChI=1S/C8H18N2O.C2H6/c1-7-6-10(4-5-11)3-2-8(7)9;1-2/h7-8,11H,2-6,9H2,1H3;1-2H3. The predicted molar refractivity (Wildman–Crippen MR) is 56.6 cm³/mol. The van der Waals surface area contributed by atoms with Crippen molar-refractivity contribution in [1.82, 2.24) is 4.90 Å². The van der Waals surface area contributed by atoms with Crippen LogP contribution in [0.25, 0.3) is 0 Å². The molecule has 1 fully saturated rings. The Labute approximate surface area is 81.9 Å². The summed E-state index contributed by atoms with van der Waals surface area (Å²) in [5, 5.41) is 8.70. The van der Waals surface area contributed by atoms with Gasteiger partial charge in [0, 0.05) is 19.1 Å². The number of hydrogen-bond acceptors (Lipinski definition) is 3. The van der Waals surface area contributed by atoms with E-state index in [0.717, 1.165) is 26.1 Å². The number of hydrogen-bond donors (Lipinski definition) is 2. The summed E-state index contributed by atoms with van der Waals surface area (Å²) in [6.45, 7) is 9.33. The lowest BCUT2D eigenvalue weighted by molar-refractivity contribution is 0.133. The number of aliphatic hydroxyl groups is 1. The van der Waals surface area contributed by atoms with Gasteiger partial charge in [-0.1, -0.05) is 20.8 Å². The molecule has 0 radical (unpaired) electrons. The highest BCUT2D eigenvalue weighted by Gasteiger charge is 2.21. The van der Waals surface area contributed by atoms with Gasteiger partial charge in [-0.15, -0.1) is 0 Å². The van der Waals surface area contributed by atoms with E-state index in [-0.39, 0.29) is 6.61 Å². The average molecular weight is 188 g/mol. The topological polar surface area (TPSA) is 49.5 Å². The third kappa shape index (κ3) is 4.60. The van der Waals surface area contributed by atoms with Crippen LogP contribution >= 0.6 is 0 Å². The molecule has 1 aliphatic rings. The van der Waals surface area contributed by atoms with Crippen molar-refractivity contribution in [3.8, 4) is 0 Å². The molecule has 1 rings (SSSR count). The molecule has 2 atom stereocenters. The first-order chi connectivity index (χ1) is 6.24. The summed E-state index contributed by atoms with van der Waals surface area (Å²) in [7, 11) is 0. The Hall–Kier alpha value is -0.120. The van der Waals surface area contributed by atoms with E-state index >= 15 is 0 Å². The quantitative estimate of drug-likeness (QED) is 0.670. The maximum absolute atomic E-state index is 8.70. The third-order valence-corrected chi connectivity index (χ3v) is 2.47. The summed E-state index contributed by atoms with van der Waals surface area (Å²) in [4.78, 5) is 2.27. The van der Waals surface area contributed by atoms with Crippen molar-refractivity contribution in [2.45, 2.75) is 33.2 Å². The Kier molecular flexibility index (Phi) is 7.23. The first-order valence-electron chi connectivity index (χ1n) is 5.33. The fraction of sp³-hybridized carbons (Fsp3) is 1.00. The normalized spacial score (nSPS) is 29.3. The molecule has 0 aromatic heterocycles. The molecule has 13 heavy (non-hydrogen) atoms. The number of β-amino-alcohol motifs (C(OH)–C–C–N with tert-alkyl or cyclic N) is 1. The molecule has 3 heteroatoms. The zero-order valence-corrected chi connectivity index (χ0v) is 9.16. The maximum atomic E-state index is 8.70. The summed E-state index contributed by atoms with van der Waals surface area (Å²) < 4.78 is 0. The van der Waals surface area contributed by atoms with E-state index in [1.165, 1.54) is 0 Å². The highest BCUT2D eigenvalue weighted by molar-refractivity contribution is 4.79. The summed E-state index contributed by atoms with van der Waals surface area (Å²) in [5.74, 6) is 0.579. The molecule has 3 N–H and O–H groups in total. The largest absolute Gasteiger partial charge is 0.395 e. The molecule has 0 spiro atoms. The first kappa shape index (κ1) is 12.9. The second-order valence-electron chi connectivity index (χ2n) is 3.45. The highest BCUT2D eigenvalue weighted by Crippen LogP contribution is 2.13. The molecular weight excluding hydrogens is 164 g/mol. The fourth-order valence-electron chi connectivity index (χ4n) is 1.59. The number of aliphatic hydroxyl groups excluding tert-OH is 1. The third-order valence-electron chi connectivity index (χ3n) is 2.47. The van der Waals surface area contributed by atoms with Crippen LogP contribution in [-0.4, -0.2) is 42.3 Å². The molecule has 2 unspecified atom stereocenters. The molecule has 0 aliphatic carbocycles. The summed E-state index contributed by atoms with van der Waals surface area (Å²) >= 11 is 0. The van der Waals surface area contributed by atoms with E-state index in [2.05, 4.69) is 11.8 Å². The molecule has 0 amide bonds. The van der Waals surface area contributed by atoms with Gasteiger partial charge < -0.3 is 15.7 Å². The molecule has 1 saturated heterocycles. The molecule has 80 valence electrons. The van der Waals surface area contributed by atoms with Gasteiger partial charge in [-0.05, 0) is 18.9 Å². The van der Waals surface area contributed by atoms with Crippen molar-refractivity contribution < 1.29 is 5.11 Å². The smallest absolute Gasteiger partial charge is 0.0558 e. The summed E-state index contributed by atoms with van der Waals surface area (Å²) in [5.41, 5.74) is 5.85. The van der Waals surface area contributed by atoms with Crippen LogP contribution in [0.4, 0.5) is 0 Å². The van der Waals surface area contributed by atoms with Crippen LogP contribution in [0, 0.1) is 5.92 Å². The molecule has 3 nitrogen and oxygen atoms in total. The van der Waals surface area contributed by atoms with E-state index in [1.807, 2.05) is 13.8 Å². The van der Waals surface area contributed by atoms with Gasteiger partial charge in [0.05, 0.1) is 6.61 Å². The minimum atomic E-state index is 0.266. The van der Waals surface area contributed by atoms with E-state index in [9.17, 15) is 0 Å². The van der Waals surface area contributed by atoms with Gasteiger partial charge in [-0.3, -0.25) is 0 Å². The van der Waals surface area contributed by atoms with Crippen LogP contribution in [0.15, 0.2) is 0 Å². The number of piperidine rings is 1. The van der Waals surface area contributed by atoms with Gasteiger partial charge in [0.15, 0.2) is 0 Å². The lowest BCUT2D eigenvalue weighted by atomic mass is 9.95. The summed E-state index contributed by atoms with van der Waals surface area (Å²) in [6, 6.07) is 0.366. The van der Waals surface area contributed by atoms with Crippen molar-refractivity contribution in [3.63, 3.8) is 0 Å². The molecular formula is C10H24N2O. The van der Waals surface area contributed by atoms with Gasteiger partial charge in [-0.2, -0.15) is 0 Å². The number of nitrogens with two attached hydrogens (primary N) is 1. The Morgan fingerprint density at radius 1 is 1.46 bits per heavy atom. The average Bonchev–Trinajstić information content (AvgIpc) is 2.15. The van der Waals surface area contributed by atoms with Crippen molar-refractivity contribution >= 4 is 0 Å². The van der Waals surface area contributed by atoms with Crippen molar-refractivity contribution in [2.24, 2.45) is 11.7 Å². The number of rotatable bonds is 2. The second-order valence-corrected chi connectivity index (χ2v) is 3.45. The van der Waals surface area contributed by atoms with E-state index in [4.69, 9.17) is 10.8 Å². The maximum Gasteiger partial charge on any atom is 0.0558 e. The Bertz CT molecular complexity index is 119. The fourth-order valence-corrected chi connectivity index (χ4v) is 1.59. The Balaban J connectivity index is 0.000000671. The number of likely N-dealkylation sites (tertiary alicyclic amines) is 1. The zero-order chi connectivity index (χ0) is 10.3. The van der Waals surface area contributed by atoms with Gasteiger partial charge in [0.1, 0.15) is 0 Å². The molecule has 0 aromatic carbocycles. The lowest BCUT2D eigenvalue weighted by Crippen LogP contribution is -2.46. The van der Waals surface area contributed by atoms with Crippen LogP contribution < -0.4 is 5.73 Å². The monoisotopic (exact) mass is 188 g/mol. The van der Waals surface area contributed by atoms with Crippen LogP contribution in [-0.2, 0) is 0 Å². The predicted octanol–water partition coefficient (Wildman–Crippen LogP) is 0.674. The molecule has 0 saturated carbocycles. The molecule has 0 bridgehead atoms. The summed E-state index contributed by atoms with van der Waals surface area (Å²) in [6.07, 6.45) is 1.07. The zero-order valence-electron chi connectivity index (χ0n) is 9.16. The van der Waals surface area contributed by atoms with E-state index < -0.39 is 0 Å². The SMILES string of the molecule is CC.CC1CN(CCO)CCC1N. The van der Waals surface area contributed by atoms with Crippen LogP contribution in [0.3, 0.4) is 0 Å². The highest BCUT2D eigenvalue weighted by atomic mass is 16.3. The van der Waals surface area contributed by atoms with Crippen molar-refractivity contribution in [3.05, 3.63) is 0 Å². The molecule has 0 aromatic rings. The second kappa shape index (κ2) is 7.30. The molecule has 1 aliphatic heterocycles. The lowest BCUT2D eigenvalue weighted by Gasteiger charge is -2.34. The van der Waals surface area contributed by atoms with E-state index in [0.29, 0.717) is 12.0 Å². The van der Waals surface area contributed by atoms with E-state index in [1.54, 1.807) is 0 Å². The Morgan fingerprint density at radius 2 is 2.08 bits per heavy atom. The van der Waals surface area contributed by atoms with Crippen molar-refractivity contribution in [1.29, 1.82) is 0 Å². The minimum absolute atomic E-state index is 0.266. The van der Waals surface area contributed by atoms with Gasteiger partial charge >= 0.3 is 0 Å². The van der Waals surface area contributed by atoms with Gasteiger partial charge in [0.2, 0.25) is 0 Å². The van der Waals surface area contributed by atoms with Gasteiger partial charge in [0.25, 0.3) is 0 Å². The number of nitrogens with zero attached hydrogens (tertiary/aromatic N) is 1.